The van der Waals surface area contributed by atoms with Gasteiger partial charge in [-0.25, -0.2) is 0 Å². The van der Waals surface area contributed by atoms with Crippen LogP contribution in [0.25, 0.3) is 0 Å². The summed E-state index contributed by atoms with van der Waals surface area (Å²) >= 11 is 0. The van der Waals surface area contributed by atoms with E-state index < -0.39 is 10.9 Å². The third-order valence-electron chi connectivity index (χ3n) is 2.19. The molecule has 0 saturated heterocycles. The van der Waals surface area contributed by atoms with Crippen molar-refractivity contribution in [3.8, 4) is 0 Å². The minimum atomic E-state index is -0.946. The molecule has 0 aliphatic carbocycles. The lowest BCUT2D eigenvalue weighted by molar-refractivity contribution is -0.385. The minimum absolute atomic E-state index is 0.0347. The van der Waals surface area contributed by atoms with Crippen LogP contribution in [0.2, 0.25) is 0 Å². The normalized spacial score (nSPS) is 9.88. The van der Waals surface area contributed by atoms with E-state index in [-0.39, 0.29) is 12.2 Å². The molecule has 0 amide bonds. The average Bonchev–Trinajstić information content (AvgIpc) is 2.15. The zero-order valence-electron chi connectivity index (χ0n) is 9.01. The van der Waals surface area contributed by atoms with Gasteiger partial charge in [0, 0.05) is 24.4 Å². The number of aliphatic carboxylic acids is 1. The molecule has 6 nitrogen and oxygen atoms in total. The maximum atomic E-state index is 10.6. The Bertz CT molecular complexity index is 431. The summed E-state index contributed by atoms with van der Waals surface area (Å²) < 4.78 is 0. The van der Waals surface area contributed by atoms with Crippen molar-refractivity contribution < 1.29 is 14.8 Å². The molecule has 1 N–H and O–H groups in total. The Balaban J connectivity index is 2.96. The fourth-order valence-corrected chi connectivity index (χ4v) is 1.38. The minimum Gasteiger partial charge on any atom is -0.480 e. The van der Waals surface area contributed by atoms with Gasteiger partial charge in [0.15, 0.2) is 0 Å². The van der Waals surface area contributed by atoms with Gasteiger partial charge < -0.3 is 10.0 Å². The first kappa shape index (κ1) is 12.0. The Morgan fingerprint density at radius 1 is 1.56 bits per heavy atom. The first-order valence-electron chi connectivity index (χ1n) is 4.60. The number of nitro groups is 1. The van der Waals surface area contributed by atoms with E-state index in [1.165, 1.54) is 17.0 Å². The molecule has 0 atom stereocenters. The van der Waals surface area contributed by atoms with Crippen LogP contribution in [0, 0.1) is 17.0 Å². The number of hydrogen-bond acceptors (Lipinski definition) is 4. The van der Waals surface area contributed by atoms with E-state index in [0.29, 0.717) is 11.3 Å². The predicted octanol–water partition coefficient (Wildman–Crippen LogP) is 1.42. The zero-order valence-corrected chi connectivity index (χ0v) is 9.01. The van der Waals surface area contributed by atoms with Gasteiger partial charge >= 0.3 is 5.97 Å². The maximum Gasteiger partial charge on any atom is 0.323 e. The lowest BCUT2D eigenvalue weighted by atomic mass is 10.1. The molecule has 0 saturated carbocycles. The summed E-state index contributed by atoms with van der Waals surface area (Å²) in [6.07, 6.45) is 0. The smallest absolute Gasteiger partial charge is 0.323 e. The standard InChI is InChI=1S/C10H12N2O4/c1-7-5-8(11(2)6-10(13)14)3-4-9(7)12(15)16/h3-5H,6H2,1-2H3,(H,13,14). The molecule has 0 fully saturated rings. The molecule has 0 spiro atoms. The van der Waals surface area contributed by atoms with E-state index >= 15 is 0 Å². The third kappa shape index (κ3) is 2.69. The summed E-state index contributed by atoms with van der Waals surface area (Å²) in [7, 11) is 1.62. The van der Waals surface area contributed by atoms with Crippen molar-refractivity contribution in [3.63, 3.8) is 0 Å². The molecule has 0 bridgehead atoms. The Morgan fingerprint density at radius 3 is 2.62 bits per heavy atom. The summed E-state index contributed by atoms with van der Waals surface area (Å²) in [5.41, 5.74) is 1.19. The number of aryl methyl sites for hydroxylation is 1. The number of anilines is 1. The van der Waals surface area contributed by atoms with E-state index in [1.54, 1.807) is 20.0 Å². The van der Waals surface area contributed by atoms with Crippen molar-refractivity contribution in [1.29, 1.82) is 0 Å². The highest BCUT2D eigenvalue weighted by Crippen LogP contribution is 2.23. The summed E-state index contributed by atoms with van der Waals surface area (Å²) in [6.45, 7) is 1.48. The molecule has 0 aliphatic heterocycles. The van der Waals surface area contributed by atoms with Crippen LogP contribution in [0.15, 0.2) is 18.2 Å². The lowest BCUT2D eigenvalue weighted by Crippen LogP contribution is -2.25. The quantitative estimate of drug-likeness (QED) is 0.617. The van der Waals surface area contributed by atoms with Gasteiger partial charge in [-0.3, -0.25) is 14.9 Å². The van der Waals surface area contributed by atoms with E-state index in [1.807, 2.05) is 0 Å². The van der Waals surface area contributed by atoms with Crippen molar-refractivity contribution in [2.75, 3.05) is 18.5 Å². The monoisotopic (exact) mass is 224 g/mol. The molecule has 0 radical (unpaired) electrons. The number of rotatable bonds is 4. The molecular formula is C10H12N2O4. The largest absolute Gasteiger partial charge is 0.480 e. The number of carboxylic acid groups (broad SMARTS) is 1. The molecule has 1 aromatic carbocycles. The molecule has 0 heterocycles. The Kier molecular flexibility index (Phi) is 3.44. The van der Waals surface area contributed by atoms with Gasteiger partial charge in [0.1, 0.15) is 6.54 Å². The van der Waals surface area contributed by atoms with Crippen molar-refractivity contribution in [2.45, 2.75) is 6.92 Å². The lowest BCUT2D eigenvalue weighted by Gasteiger charge is -2.16. The van der Waals surface area contributed by atoms with Crippen molar-refractivity contribution in [2.24, 2.45) is 0 Å². The van der Waals surface area contributed by atoms with Crippen LogP contribution in [0.3, 0.4) is 0 Å². The molecule has 0 unspecified atom stereocenters. The average molecular weight is 224 g/mol. The summed E-state index contributed by atoms with van der Waals surface area (Å²) in [6, 6.07) is 4.51. The Morgan fingerprint density at radius 2 is 2.19 bits per heavy atom. The molecule has 86 valence electrons. The van der Waals surface area contributed by atoms with E-state index in [0.717, 1.165) is 0 Å². The maximum absolute atomic E-state index is 10.6. The van der Waals surface area contributed by atoms with Crippen molar-refractivity contribution in [1.82, 2.24) is 0 Å². The number of carboxylic acids is 1. The van der Waals surface area contributed by atoms with Gasteiger partial charge in [0.25, 0.3) is 5.69 Å². The number of hydrogen-bond donors (Lipinski definition) is 1. The molecule has 6 heteroatoms. The Labute approximate surface area is 92.3 Å². The van der Waals surface area contributed by atoms with Gasteiger partial charge in [-0.1, -0.05) is 0 Å². The predicted molar refractivity (Wildman–Crippen MR) is 58.7 cm³/mol. The SMILES string of the molecule is Cc1cc(N(C)CC(=O)O)ccc1[N+](=O)[O-]. The fraction of sp³-hybridized carbons (Fsp3) is 0.300. The fourth-order valence-electron chi connectivity index (χ4n) is 1.38. The Hall–Kier alpha value is -2.11. The van der Waals surface area contributed by atoms with E-state index in [4.69, 9.17) is 5.11 Å². The third-order valence-corrected chi connectivity index (χ3v) is 2.19. The van der Waals surface area contributed by atoms with Gasteiger partial charge in [-0.15, -0.1) is 0 Å². The number of nitro benzene ring substituents is 1. The van der Waals surface area contributed by atoms with Crippen LogP contribution in [0.1, 0.15) is 5.56 Å². The van der Waals surface area contributed by atoms with Gasteiger partial charge in [-0.05, 0) is 19.1 Å². The second-order valence-corrected chi connectivity index (χ2v) is 3.48. The number of nitrogens with zero attached hydrogens (tertiary/aromatic N) is 2. The molecule has 16 heavy (non-hydrogen) atoms. The van der Waals surface area contributed by atoms with Crippen LogP contribution in [0.5, 0.6) is 0 Å². The molecule has 1 rings (SSSR count). The number of carbonyl (C=O) groups is 1. The molecule has 0 aromatic heterocycles. The van der Waals surface area contributed by atoms with Crippen LogP contribution < -0.4 is 4.90 Å². The van der Waals surface area contributed by atoms with Crippen molar-refractivity contribution >= 4 is 17.3 Å². The highest BCUT2D eigenvalue weighted by Gasteiger charge is 2.12. The second kappa shape index (κ2) is 4.61. The molecule has 0 aliphatic rings. The number of benzene rings is 1. The topological polar surface area (TPSA) is 83.7 Å². The highest BCUT2D eigenvalue weighted by atomic mass is 16.6. The van der Waals surface area contributed by atoms with E-state index in [2.05, 4.69) is 0 Å². The summed E-state index contributed by atoms with van der Waals surface area (Å²) in [5.74, 6) is -0.946. The highest BCUT2D eigenvalue weighted by molar-refractivity contribution is 5.73. The van der Waals surface area contributed by atoms with Crippen LogP contribution in [0.4, 0.5) is 11.4 Å². The molecule has 1 aromatic rings. The van der Waals surface area contributed by atoms with Crippen LogP contribution >= 0.6 is 0 Å². The second-order valence-electron chi connectivity index (χ2n) is 3.48. The van der Waals surface area contributed by atoms with Crippen LogP contribution in [-0.4, -0.2) is 29.6 Å². The zero-order chi connectivity index (χ0) is 12.3. The van der Waals surface area contributed by atoms with Gasteiger partial charge in [0.2, 0.25) is 0 Å². The first-order chi connectivity index (χ1) is 7.41. The van der Waals surface area contributed by atoms with Gasteiger partial charge in [0.05, 0.1) is 4.92 Å². The van der Waals surface area contributed by atoms with Crippen molar-refractivity contribution in [3.05, 3.63) is 33.9 Å². The van der Waals surface area contributed by atoms with Crippen LogP contribution in [-0.2, 0) is 4.79 Å². The first-order valence-corrected chi connectivity index (χ1v) is 4.60. The summed E-state index contributed by atoms with van der Waals surface area (Å²) in [4.78, 5) is 22.1. The number of likely N-dealkylation sites (N-methyl/N-ethyl adjacent to an activating group) is 1. The van der Waals surface area contributed by atoms with E-state index in [9.17, 15) is 14.9 Å². The van der Waals surface area contributed by atoms with Gasteiger partial charge in [-0.2, -0.15) is 0 Å². The molecular weight excluding hydrogens is 212 g/mol. The summed E-state index contributed by atoms with van der Waals surface area (Å²) in [5, 5.41) is 19.2.